The summed E-state index contributed by atoms with van der Waals surface area (Å²) in [6.45, 7) is 0. The van der Waals surface area contributed by atoms with Gasteiger partial charge in [0.1, 0.15) is 22.4 Å². The molecule has 0 bridgehead atoms. The Balaban J connectivity index is 1.25. The van der Waals surface area contributed by atoms with Gasteiger partial charge in [-0.2, -0.15) is 0 Å². The normalized spacial score (nSPS) is 12.0. The average molecular weight is 578 g/mol. The molecule has 0 saturated carbocycles. The molecular formula is C40H23N3O2. The van der Waals surface area contributed by atoms with E-state index in [1.165, 1.54) is 0 Å². The van der Waals surface area contributed by atoms with Gasteiger partial charge in [0, 0.05) is 56.1 Å². The fourth-order valence-corrected chi connectivity index (χ4v) is 6.88. The van der Waals surface area contributed by atoms with E-state index < -0.39 is 0 Å². The van der Waals surface area contributed by atoms with E-state index in [-0.39, 0.29) is 0 Å². The summed E-state index contributed by atoms with van der Waals surface area (Å²) in [7, 11) is 0. The lowest BCUT2D eigenvalue weighted by molar-refractivity contribution is 0.668. The fraction of sp³-hybridized carbons (Fsp3) is 0. The van der Waals surface area contributed by atoms with Gasteiger partial charge in [-0.3, -0.25) is 9.97 Å². The highest BCUT2D eigenvalue weighted by atomic mass is 16.3. The van der Waals surface area contributed by atoms with Crippen molar-refractivity contribution in [3.05, 3.63) is 140 Å². The van der Waals surface area contributed by atoms with Crippen LogP contribution in [0.1, 0.15) is 0 Å². The highest BCUT2D eigenvalue weighted by molar-refractivity contribution is 6.14. The lowest BCUT2D eigenvalue weighted by Crippen LogP contribution is -1.93. The molecule has 45 heavy (non-hydrogen) atoms. The first kappa shape index (κ1) is 24.3. The molecule has 10 aromatic rings. The summed E-state index contributed by atoms with van der Waals surface area (Å²) in [6.07, 6.45) is 3.74. The summed E-state index contributed by atoms with van der Waals surface area (Å²) in [4.78, 5) is 9.51. The molecule has 0 fully saturated rings. The Kier molecular flexibility index (Phi) is 4.93. The van der Waals surface area contributed by atoms with Crippen LogP contribution in [0.3, 0.4) is 0 Å². The molecule has 10 rings (SSSR count). The Morgan fingerprint density at radius 1 is 0.467 bits per heavy atom. The fourth-order valence-electron chi connectivity index (χ4n) is 6.88. The number of nitrogens with zero attached hydrogens (tertiary/aromatic N) is 3. The first-order valence-corrected chi connectivity index (χ1v) is 15.0. The Labute approximate surface area is 256 Å². The third kappa shape index (κ3) is 3.49. The molecular weight excluding hydrogens is 554 g/mol. The summed E-state index contributed by atoms with van der Waals surface area (Å²) >= 11 is 0. The predicted molar refractivity (Wildman–Crippen MR) is 182 cm³/mol. The lowest BCUT2D eigenvalue weighted by Gasteiger charge is -2.08. The molecule has 5 aromatic heterocycles. The van der Waals surface area contributed by atoms with Crippen molar-refractivity contribution in [3.8, 4) is 28.1 Å². The molecule has 0 spiro atoms. The van der Waals surface area contributed by atoms with Crippen molar-refractivity contribution in [3.63, 3.8) is 0 Å². The van der Waals surface area contributed by atoms with Crippen LogP contribution < -0.4 is 0 Å². The molecule has 5 heteroatoms. The van der Waals surface area contributed by atoms with Crippen molar-refractivity contribution >= 4 is 65.8 Å². The maximum absolute atomic E-state index is 6.37. The molecule has 0 saturated heterocycles. The monoisotopic (exact) mass is 577 g/mol. The average Bonchev–Trinajstić information content (AvgIpc) is 3.77. The predicted octanol–water partition coefficient (Wildman–Crippen LogP) is 10.7. The van der Waals surface area contributed by atoms with Crippen molar-refractivity contribution in [2.24, 2.45) is 0 Å². The standard InChI is InChI=1S/C40H23N3O2/c1-2-8-26(9-3-1)43-33-16-14-24(27-18-20-42-38-30-11-5-7-13-36(30)45-39(27)38)22-31(33)32-23-25(15-17-34(32)43)37-40-29(19-21-41-37)28-10-4-6-12-35(28)44-40/h1-23H. The topological polar surface area (TPSA) is 57.0 Å². The number of para-hydroxylation sites is 3. The van der Waals surface area contributed by atoms with Gasteiger partial charge in [0.2, 0.25) is 0 Å². The maximum Gasteiger partial charge on any atom is 0.161 e. The smallest absolute Gasteiger partial charge is 0.161 e. The van der Waals surface area contributed by atoms with Gasteiger partial charge in [0.25, 0.3) is 0 Å². The molecule has 210 valence electrons. The minimum Gasteiger partial charge on any atom is -0.454 e. The number of aromatic nitrogens is 3. The largest absolute Gasteiger partial charge is 0.454 e. The second-order valence-electron chi connectivity index (χ2n) is 11.4. The van der Waals surface area contributed by atoms with Gasteiger partial charge in [0.05, 0.1) is 11.0 Å². The van der Waals surface area contributed by atoms with Gasteiger partial charge in [-0.15, -0.1) is 0 Å². The summed E-state index contributed by atoms with van der Waals surface area (Å²) < 4.78 is 15.1. The zero-order valence-corrected chi connectivity index (χ0v) is 23.9. The molecule has 0 amide bonds. The molecule has 5 aromatic carbocycles. The SMILES string of the molecule is c1ccc(-n2c3ccc(-c4nccc5c4oc4ccccc45)cc3c3cc(-c4ccnc5c4oc4ccccc45)ccc32)cc1. The summed E-state index contributed by atoms with van der Waals surface area (Å²) in [5.41, 5.74) is 11.5. The van der Waals surface area contributed by atoms with Crippen LogP contribution in [0.15, 0.2) is 149 Å². The van der Waals surface area contributed by atoms with E-state index in [0.29, 0.717) is 0 Å². The molecule has 5 heterocycles. The van der Waals surface area contributed by atoms with Gasteiger partial charge < -0.3 is 13.4 Å². The van der Waals surface area contributed by atoms with Crippen molar-refractivity contribution in [2.75, 3.05) is 0 Å². The second kappa shape index (κ2) is 9.15. The first-order chi connectivity index (χ1) is 22.3. The van der Waals surface area contributed by atoms with Crippen LogP contribution in [-0.2, 0) is 0 Å². The van der Waals surface area contributed by atoms with E-state index in [0.717, 1.165) is 93.9 Å². The van der Waals surface area contributed by atoms with E-state index in [2.05, 4.69) is 88.4 Å². The van der Waals surface area contributed by atoms with E-state index in [9.17, 15) is 0 Å². The van der Waals surface area contributed by atoms with Crippen LogP contribution in [-0.4, -0.2) is 14.5 Å². The van der Waals surface area contributed by atoms with Crippen LogP contribution in [0.4, 0.5) is 0 Å². The number of hydrogen-bond donors (Lipinski definition) is 0. The van der Waals surface area contributed by atoms with Crippen molar-refractivity contribution in [2.45, 2.75) is 0 Å². The van der Waals surface area contributed by atoms with Crippen LogP contribution in [0.2, 0.25) is 0 Å². The van der Waals surface area contributed by atoms with E-state index >= 15 is 0 Å². The van der Waals surface area contributed by atoms with Crippen molar-refractivity contribution in [1.29, 1.82) is 0 Å². The van der Waals surface area contributed by atoms with E-state index in [1.54, 1.807) is 0 Å². The van der Waals surface area contributed by atoms with E-state index in [1.807, 2.05) is 60.9 Å². The second-order valence-corrected chi connectivity index (χ2v) is 11.4. The molecule has 0 aliphatic heterocycles. The summed E-state index contributed by atoms with van der Waals surface area (Å²) in [6, 6.07) is 44.1. The number of benzene rings is 5. The quantitative estimate of drug-likeness (QED) is 0.210. The third-order valence-electron chi connectivity index (χ3n) is 8.92. The van der Waals surface area contributed by atoms with Gasteiger partial charge in [0.15, 0.2) is 11.2 Å². The van der Waals surface area contributed by atoms with Gasteiger partial charge >= 0.3 is 0 Å². The minimum atomic E-state index is 0.797. The first-order valence-electron chi connectivity index (χ1n) is 15.0. The molecule has 0 atom stereocenters. The Morgan fingerprint density at radius 3 is 1.93 bits per heavy atom. The molecule has 5 nitrogen and oxygen atoms in total. The molecule has 0 N–H and O–H groups in total. The zero-order chi connectivity index (χ0) is 29.5. The number of pyridine rings is 2. The molecule has 0 aliphatic carbocycles. The summed E-state index contributed by atoms with van der Waals surface area (Å²) in [5, 5.41) is 5.46. The number of rotatable bonds is 3. The van der Waals surface area contributed by atoms with Crippen LogP contribution in [0.25, 0.3) is 93.9 Å². The molecule has 0 unspecified atom stereocenters. The number of fused-ring (bicyclic) bond motifs is 9. The zero-order valence-electron chi connectivity index (χ0n) is 23.9. The Morgan fingerprint density at radius 2 is 1.11 bits per heavy atom. The Hall–Kier alpha value is -6.20. The Bertz CT molecular complexity index is 2600. The highest BCUT2D eigenvalue weighted by Crippen LogP contribution is 2.41. The van der Waals surface area contributed by atoms with Gasteiger partial charge in [-0.1, -0.05) is 60.7 Å². The molecule has 0 aliphatic rings. The molecule has 0 radical (unpaired) electrons. The van der Waals surface area contributed by atoms with E-state index in [4.69, 9.17) is 13.8 Å². The van der Waals surface area contributed by atoms with Crippen LogP contribution in [0, 0.1) is 0 Å². The number of hydrogen-bond acceptors (Lipinski definition) is 4. The van der Waals surface area contributed by atoms with Crippen molar-refractivity contribution in [1.82, 2.24) is 14.5 Å². The van der Waals surface area contributed by atoms with Crippen LogP contribution in [0.5, 0.6) is 0 Å². The van der Waals surface area contributed by atoms with Gasteiger partial charge in [-0.05, 0) is 72.3 Å². The summed E-state index contributed by atoms with van der Waals surface area (Å²) in [5.74, 6) is 0. The maximum atomic E-state index is 6.37. The van der Waals surface area contributed by atoms with Crippen molar-refractivity contribution < 1.29 is 8.83 Å². The highest BCUT2D eigenvalue weighted by Gasteiger charge is 2.19. The number of furan rings is 2. The minimum absolute atomic E-state index is 0.797. The third-order valence-corrected chi connectivity index (χ3v) is 8.92. The van der Waals surface area contributed by atoms with Crippen LogP contribution >= 0.6 is 0 Å². The van der Waals surface area contributed by atoms with Gasteiger partial charge in [-0.25, -0.2) is 0 Å². The lowest BCUT2D eigenvalue weighted by atomic mass is 10.0.